The van der Waals surface area contributed by atoms with E-state index in [2.05, 4.69) is 25.0 Å². The van der Waals surface area contributed by atoms with Crippen molar-refractivity contribution in [2.24, 2.45) is 0 Å². The summed E-state index contributed by atoms with van der Waals surface area (Å²) in [4.78, 5) is 11.6. The molecule has 0 amide bonds. The Labute approximate surface area is 111 Å². The van der Waals surface area contributed by atoms with Crippen LogP contribution in [0.4, 0.5) is 11.5 Å². The van der Waals surface area contributed by atoms with Gasteiger partial charge in [-0.25, -0.2) is 23.4 Å². The Morgan fingerprint density at radius 1 is 1.26 bits per heavy atom. The molecule has 0 saturated heterocycles. The van der Waals surface area contributed by atoms with Gasteiger partial charge in [-0.05, 0) is 13.0 Å². The van der Waals surface area contributed by atoms with Crippen molar-refractivity contribution in [1.82, 2.24) is 15.0 Å². The molecule has 19 heavy (non-hydrogen) atoms. The fourth-order valence-corrected chi connectivity index (χ4v) is 2.46. The Morgan fingerprint density at radius 2 is 2.00 bits per heavy atom. The van der Waals surface area contributed by atoms with Gasteiger partial charge in [0.2, 0.25) is 0 Å². The van der Waals surface area contributed by atoms with Gasteiger partial charge in [0.1, 0.15) is 12.1 Å². The van der Waals surface area contributed by atoms with Gasteiger partial charge in [0, 0.05) is 18.8 Å². The largest absolute Gasteiger partial charge is 0.370 e. The Balaban J connectivity index is 2.27. The molecule has 0 aliphatic rings. The van der Waals surface area contributed by atoms with E-state index in [0.29, 0.717) is 18.1 Å². The third-order valence-electron chi connectivity index (χ3n) is 2.21. The topological polar surface area (TPSA) is 96.9 Å². The van der Waals surface area contributed by atoms with E-state index in [4.69, 9.17) is 0 Å². The first kappa shape index (κ1) is 13.2. The summed E-state index contributed by atoms with van der Waals surface area (Å²) < 4.78 is 26.7. The summed E-state index contributed by atoms with van der Waals surface area (Å²) in [5.74, 6) is 0.509. The number of aromatic nitrogens is 3. The van der Waals surface area contributed by atoms with Crippen molar-refractivity contribution in [2.75, 3.05) is 16.6 Å². The highest BCUT2D eigenvalue weighted by Gasteiger charge is 2.15. The van der Waals surface area contributed by atoms with Crippen LogP contribution in [0.3, 0.4) is 0 Å². The molecule has 0 fully saturated rings. The maximum Gasteiger partial charge on any atom is 0.262 e. The average Bonchev–Trinajstić information content (AvgIpc) is 2.40. The zero-order chi connectivity index (χ0) is 13.7. The van der Waals surface area contributed by atoms with E-state index >= 15 is 0 Å². The standard InChI is InChI=1S/C11H13N5O2S/c1-2-14-11-5-10(3-4-15-11)19(17,18)16-9-6-12-8-13-7-9/h3-8,16H,2H2,1H3,(H,14,15). The van der Waals surface area contributed by atoms with E-state index < -0.39 is 10.0 Å². The number of nitrogens with one attached hydrogen (secondary N) is 2. The van der Waals surface area contributed by atoms with E-state index in [1.165, 1.54) is 37.1 Å². The molecule has 2 rings (SSSR count). The molecule has 2 aromatic rings. The second-order valence-corrected chi connectivity index (χ2v) is 5.32. The van der Waals surface area contributed by atoms with Gasteiger partial charge in [0.25, 0.3) is 10.0 Å². The summed E-state index contributed by atoms with van der Waals surface area (Å²) in [6.45, 7) is 2.57. The summed E-state index contributed by atoms with van der Waals surface area (Å²) in [6, 6.07) is 2.89. The fourth-order valence-electron chi connectivity index (χ4n) is 1.42. The molecular weight excluding hydrogens is 266 g/mol. The van der Waals surface area contributed by atoms with Crippen LogP contribution < -0.4 is 10.0 Å². The van der Waals surface area contributed by atoms with Crippen LogP contribution in [0.5, 0.6) is 0 Å². The summed E-state index contributed by atoms with van der Waals surface area (Å²) >= 11 is 0. The molecule has 0 aliphatic heterocycles. The van der Waals surface area contributed by atoms with E-state index in [1.807, 2.05) is 6.92 Å². The molecule has 2 aromatic heterocycles. The molecule has 0 aromatic carbocycles. The monoisotopic (exact) mass is 279 g/mol. The first-order valence-electron chi connectivity index (χ1n) is 5.59. The minimum Gasteiger partial charge on any atom is -0.370 e. The van der Waals surface area contributed by atoms with Crippen molar-refractivity contribution in [3.63, 3.8) is 0 Å². The molecule has 7 nitrogen and oxygen atoms in total. The van der Waals surface area contributed by atoms with Crippen molar-refractivity contribution < 1.29 is 8.42 Å². The summed E-state index contributed by atoms with van der Waals surface area (Å²) in [7, 11) is -3.66. The van der Waals surface area contributed by atoms with Gasteiger partial charge in [-0.3, -0.25) is 4.72 Å². The molecule has 8 heteroatoms. The van der Waals surface area contributed by atoms with E-state index in [1.54, 1.807) is 0 Å². The fraction of sp³-hybridized carbons (Fsp3) is 0.182. The Morgan fingerprint density at radius 3 is 2.68 bits per heavy atom. The molecular formula is C11H13N5O2S. The minimum atomic E-state index is -3.66. The molecule has 0 bridgehead atoms. The molecule has 0 atom stereocenters. The number of anilines is 2. The molecule has 2 N–H and O–H groups in total. The molecule has 100 valence electrons. The van der Waals surface area contributed by atoms with Gasteiger partial charge in [-0.1, -0.05) is 0 Å². The van der Waals surface area contributed by atoms with Gasteiger partial charge in [-0.15, -0.1) is 0 Å². The van der Waals surface area contributed by atoms with Crippen LogP contribution in [-0.2, 0) is 10.0 Å². The van der Waals surface area contributed by atoms with Crippen molar-refractivity contribution in [3.8, 4) is 0 Å². The van der Waals surface area contributed by atoms with Crippen LogP contribution in [-0.4, -0.2) is 29.9 Å². The molecule has 0 unspecified atom stereocenters. The number of rotatable bonds is 5. The van der Waals surface area contributed by atoms with Crippen LogP contribution in [0.15, 0.2) is 41.9 Å². The van der Waals surface area contributed by atoms with Crippen LogP contribution >= 0.6 is 0 Å². The maximum absolute atomic E-state index is 12.1. The Kier molecular flexibility index (Phi) is 3.91. The third-order valence-corrected chi connectivity index (χ3v) is 3.59. The lowest BCUT2D eigenvalue weighted by atomic mass is 10.4. The first-order chi connectivity index (χ1) is 9.12. The van der Waals surface area contributed by atoms with Crippen LogP contribution in [0.25, 0.3) is 0 Å². The van der Waals surface area contributed by atoms with Gasteiger partial charge in [0.05, 0.1) is 23.0 Å². The van der Waals surface area contributed by atoms with Gasteiger partial charge >= 0.3 is 0 Å². The lowest BCUT2D eigenvalue weighted by molar-refractivity contribution is 0.601. The normalized spacial score (nSPS) is 11.0. The second kappa shape index (κ2) is 5.61. The van der Waals surface area contributed by atoms with Gasteiger partial charge < -0.3 is 5.32 Å². The molecule has 0 aliphatic carbocycles. The predicted molar refractivity (Wildman–Crippen MR) is 71.2 cm³/mol. The highest BCUT2D eigenvalue weighted by molar-refractivity contribution is 7.92. The van der Waals surface area contributed by atoms with Crippen molar-refractivity contribution in [1.29, 1.82) is 0 Å². The highest BCUT2D eigenvalue weighted by atomic mass is 32.2. The van der Waals surface area contributed by atoms with Crippen LogP contribution in [0.1, 0.15) is 6.92 Å². The highest BCUT2D eigenvalue weighted by Crippen LogP contribution is 2.16. The van der Waals surface area contributed by atoms with Gasteiger partial charge in [-0.2, -0.15) is 0 Å². The quantitative estimate of drug-likeness (QED) is 0.850. The lowest BCUT2D eigenvalue weighted by Crippen LogP contribution is -2.14. The summed E-state index contributed by atoms with van der Waals surface area (Å²) in [5, 5.41) is 2.96. The predicted octanol–water partition coefficient (Wildman–Crippen LogP) is 1.10. The van der Waals surface area contributed by atoms with Gasteiger partial charge in [0.15, 0.2) is 0 Å². The van der Waals surface area contributed by atoms with Crippen LogP contribution in [0, 0.1) is 0 Å². The van der Waals surface area contributed by atoms with Crippen molar-refractivity contribution >= 4 is 21.5 Å². The van der Waals surface area contributed by atoms with E-state index in [9.17, 15) is 8.42 Å². The average molecular weight is 279 g/mol. The second-order valence-electron chi connectivity index (χ2n) is 3.64. The first-order valence-corrected chi connectivity index (χ1v) is 7.08. The number of pyridine rings is 1. The van der Waals surface area contributed by atoms with Crippen molar-refractivity contribution in [2.45, 2.75) is 11.8 Å². The zero-order valence-corrected chi connectivity index (χ0v) is 11.1. The number of hydrogen-bond acceptors (Lipinski definition) is 6. The van der Waals surface area contributed by atoms with Crippen molar-refractivity contribution in [3.05, 3.63) is 37.1 Å². The Hall–Kier alpha value is -2.22. The summed E-state index contributed by atoms with van der Waals surface area (Å²) in [5.41, 5.74) is 0.310. The van der Waals surface area contributed by atoms with Crippen LogP contribution in [0.2, 0.25) is 0 Å². The maximum atomic E-state index is 12.1. The Bertz CT molecular complexity index is 645. The zero-order valence-electron chi connectivity index (χ0n) is 10.2. The SMILES string of the molecule is CCNc1cc(S(=O)(=O)Nc2cncnc2)ccn1. The minimum absolute atomic E-state index is 0.127. The number of nitrogens with zero attached hydrogens (tertiary/aromatic N) is 3. The lowest BCUT2D eigenvalue weighted by Gasteiger charge is -2.08. The summed E-state index contributed by atoms with van der Waals surface area (Å²) in [6.07, 6.45) is 5.54. The smallest absolute Gasteiger partial charge is 0.262 e. The third kappa shape index (κ3) is 3.38. The van der Waals surface area contributed by atoms with E-state index in [0.717, 1.165) is 0 Å². The number of sulfonamides is 1. The molecule has 2 heterocycles. The van der Waals surface area contributed by atoms with E-state index in [-0.39, 0.29) is 4.90 Å². The number of hydrogen-bond donors (Lipinski definition) is 2. The molecule has 0 spiro atoms. The molecule has 0 saturated carbocycles. The molecule has 0 radical (unpaired) electrons.